The summed E-state index contributed by atoms with van der Waals surface area (Å²) in [6.45, 7) is 2.23. The molecule has 3 aromatic carbocycles. The van der Waals surface area contributed by atoms with Crippen molar-refractivity contribution >= 4 is 22.1 Å². The van der Waals surface area contributed by atoms with E-state index >= 15 is 0 Å². The molecule has 1 unspecified atom stereocenters. The molecule has 0 radical (unpaired) electrons. The van der Waals surface area contributed by atoms with E-state index in [1.54, 1.807) is 0 Å². The lowest BCUT2D eigenvalue weighted by atomic mass is 9.90. The zero-order valence-electron chi connectivity index (χ0n) is 15.2. The molecule has 26 heavy (non-hydrogen) atoms. The van der Waals surface area contributed by atoms with Gasteiger partial charge in [0.25, 0.3) is 0 Å². The Morgan fingerprint density at radius 3 is 2.54 bits per heavy atom. The van der Waals surface area contributed by atoms with E-state index in [0.29, 0.717) is 0 Å². The number of fused-ring (bicyclic) bond motifs is 2. The van der Waals surface area contributed by atoms with E-state index in [9.17, 15) is 4.79 Å². The van der Waals surface area contributed by atoms with Gasteiger partial charge in [0.2, 0.25) is 0 Å². The molecule has 0 saturated heterocycles. The lowest BCUT2D eigenvalue weighted by Gasteiger charge is -2.12. The van der Waals surface area contributed by atoms with Crippen molar-refractivity contribution in [2.75, 3.05) is 0 Å². The first-order valence-electron chi connectivity index (χ1n) is 9.61. The average molecular weight is 340 g/mol. The van der Waals surface area contributed by atoms with Gasteiger partial charge in [-0.1, -0.05) is 92.6 Å². The first-order valence-corrected chi connectivity index (χ1v) is 9.61. The van der Waals surface area contributed by atoms with Crippen molar-refractivity contribution in [2.45, 2.75) is 38.5 Å². The Kier molecular flexibility index (Phi) is 4.71. The summed E-state index contributed by atoms with van der Waals surface area (Å²) in [7, 11) is 0. The third-order valence-corrected chi connectivity index (χ3v) is 5.40. The average Bonchev–Trinajstić information content (AvgIpc) is 3.06. The lowest BCUT2D eigenvalue weighted by molar-refractivity contribution is 0.0979. The molecule has 1 nitrogen and oxygen atoms in total. The Balaban J connectivity index is 1.73. The minimum absolute atomic E-state index is 0.159. The van der Waals surface area contributed by atoms with Crippen LogP contribution in [0.5, 0.6) is 0 Å². The van der Waals surface area contributed by atoms with Gasteiger partial charge in [-0.15, -0.1) is 0 Å². The molecule has 0 saturated carbocycles. The van der Waals surface area contributed by atoms with E-state index in [-0.39, 0.29) is 11.7 Å². The summed E-state index contributed by atoms with van der Waals surface area (Å²) in [5.41, 5.74) is 4.60. The number of rotatable bonds is 6. The van der Waals surface area contributed by atoms with E-state index in [1.165, 1.54) is 30.4 Å². The third kappa shape index (κ3) is 2.99. The lowest BCUT2D eigenvalue weighted by Crippen LogP contribution is -2.10. The van der Waals surface area contributed by atoms with Crippen LogP contribution in [0.2, 0.25) is 0 Å². The van der Waals surface area contributed by atoms with Crippen LogP contribution in [0, 0.1) is 0 Å². The van der Waals surface area contributed by atoms with Gasteiger partial charge in [0.1, 0.15) is 0 Å². The molecule has 4 rings (SSSR count). The van der Waals surface area contributed by atoms with Crippen LogP contribution in [0.3, 0.4) is 0 Å². The normalized spacial score (nSPS) is 15.7. The van der Waals surface area contributed by atoms with E-state index in [0.717, 1.165) is 28.3 Å². The van der Waals surface area contributed by atoms with Gasteiger partial charge >= 0.3 is 0 Å². The summed E-state index contributed by atoms with van der Waals surface area (Å²) in [6, 6.07) is 22.6. The van der Waals surface area contributed by atoms with Gasteiger partial charge in [-0.2, -0.15) is 0 Å². The predicted octanol–water partition coefficient (Wildman–Crippen LogP) is 6.78. The summed E-state index contributed by atoms with van der Waals surface area (Å²) in [5, 5.41) is 2.17. The fraction of sp³-hybridized carbons (Fsp3) is 0.240. The van der Waals surface area contributed by atoms with Crippen molar-refractivity contribution in [3.8, 4) is 0 Å². The predicted molar refractivity (Wildman–Crippen MR) is 110 cm³/mol. The largest absolute Gasteiger partial charge is 0.293 e. The van der Waals surface area contributed by atoms with Crippen LogP contribution in [-0.4, -0.2) is 5.78 Å². The molecular formula is C25H24O. The molecule has 0 aliphatic heterocycles. The van der Waals surface area contributed by atoms with Crippen molar-refractivity contribution in [1.82, 2.24) is 0 Å². The SMILES string of the molecule is CCCCCC1=CC(C(=O)c2cccc3ccccc23)c2ccccc21. The van der Waals surface area contributed by atoms with Crippen LogP contribution < -0.4 is 0 Å². The van der Waals surface area contributed by atoms with Crippen molar-refractivity contribution in [2.24, 2.45) is 0 Å². The molecule has 1 heteroatoms. The number of hydrogen-bond acceptors (Lipinski definition) is 1. The Bertz CT molecular complexity index is 975. The van der Waals surface area contributed by atoms with Crippen molar-refractivity contribution in [1.29, 1.82) is 0 Å². The topological polar surface area (TPSA) is 17.1 Å². The van der Waals surface area contributed by atoms with Gasteiger partial charge in [0.05, 0.1) is 5.92 Å². The maximum atomic E-state index is 13.5. The molecule has 130 valence electrons. The molecule has 0 heterocycles. The van der Waals surface area contributed by atoms with E-state index < -0.39 is 0 Å². The van der Waals surface area contributed by atoms with Gasteiger partial charge in [-0.05, 0) is 40.3 Å². The molecule has 0 spiro atoms. The van der Waals surface area contributed by atoms with Gasteiger partial charge in [0, 0.05) is 5.56 Å². The fourth-order valence-corrected chi connectivity index (χ4v) is 4.05. The fourth-order valence-electron chi connectivity index (χ4n) is 4.05. The summed E-state index contributed by atoms with van der Waals surface area (Å²) in [5.74, 6) is 0.0494. The molecule has 1 aliphatic rings. The molecule has 0 N–H and O–H groups in total. The summed E-state index contributed by atoms with van der Waals surface area (Å²) < 4.78 is 0. The highest BCUT2D eigenvalue weighted by molar-refractivity contribution is 6.13. The molecule has 0 amide bonds. The zero-order chi connectivity index (χ0) is 17.9. The smallest absolute Gasteiger partial charge is 0.174 e. The van der Waals surface area contributed by atoms with Crippen LogP contribution in [0.15, 0.2) is 72.8 Å². The number of carbonyl (C=O) groups is 1. The summed E-state index contributed by atoms with van der Waals surface area (Å²) in [6.07, 6.45) is 6.91. The quantitative estimate of drug-likeness (QED) is 0.357. The second kappa shape index (κ2) is 7.29. The molecule has 1 aliphatic carbocycles. The number of hydrogen-bond donors (Lipinski definition) is 0. The first kappa shape index (κ1) is 16.8. The van der Waals surface area contributed by atoms with Crippen molar-refractivity contribution in [3.05, 3.63) is 89.5 Å². The number of Topliss-reactive ketones (excluding diaryl/α,β-unsaturated/α-hetero) is 1. The van der Waals surface area contributed by atoms with E-state index in [1.807, 2.05) is 30.3 Å². The Labute approximate surface area is 155 Å². The Morgan fingerprint density at radius 2 is 1.65 bits per heavy atom. The number of benzene rings is 3. The molecular weight excluding hydrogens is 316 g/mol. The van der Waals surface area contributed by atoms with E-state index in [4.69, 9.17) is 0 Å². The molecule has 0 fully saturated rings. The van der Waals surface area contributed by atoms with Crippen molar-refractivity contribution in [3.63, 3.8) is 0 Å². The minimum Gasteiger partial charge on any atom is -0.293 e. The van der Waals surface area contributed by atoms with Gasteiger partial charge in [0.15, 0.2) is 5.78 Å². The van der Waals surface area contributed by atoms with Crippen LogP contribution in [0.4, 0.5) is 0 Å². The Hall–Kier alpha value is -2.67. The highest BCUT2D eigenvalue weighted by atomic mass is 16.1. The monoisotopic (exact) mass is 340 g/mol. The highest BCUT2D eigenvalue weighted by Gasteiger charge is 2.29. The maximum absolute atomic E-state index is 13.5. The third-order valence-electron chi connectivity index (χ3n) is 5.40. The molecule has 3 aromatic rings. The standard InChI is InChI=1S/C25H24O/c1-2-3-4-11-19-17-24(22-15-8-7-14-21(19)22)25(26)23-16-9-12-18-10-5-6-13-20(18)23/h5-10,12-17,24H,2-4,11H2,1H3. The molecule has 0 bridgehead atoms. The van der Waals surface area contributed by atoms with E-state index in [2.05, 4.69) is 49.4 Å². The Morgan fingerprint density at radius 1 is 0.885 bits per heavy atom. The van der Waals surface area contributed by atoms with Crippen molar-refractivity contribution < 1.29 is 4.79 Å². The van der Waals surface area contributed by atoms with Gasteiger partial charge in [-0.25, -0.2) is 0 Å². The van der Waals surface area contributed by atoms with Crippen LogP contribution in [-0.2, 0) is 0 Å². The highest BCUT2D eigenvalue weighted by Crippen LogP contribution is 2.40. The minimum atomic E-state index is -0.159. The number of carbonyl (C=O) groups excluding carboxylic acids is 1. The second-order valence-corrected chi connectivity index (χ2v) is 7.10. The molecule has 1 atom stereocenters. The summed E-state index contributed by atoms with van der Waals surface area (Å²) in [4.78, 5) is 13.5. The number of unbranched alkanes of at least 4 members (excludes halogenated alkanes) is 2. The van der Waals surface area contributed by atoms with Crippen LogP contribution in [0.1, 0.15) is 60.0 Å². The first-order chi connectivity index (χ1) is 12.8. The zero-order valence-corrected chi connectivity index (χ0v) is 15.2. The summed E-state index contributed by atoms with van der Waals surface area (Å²) >= 11 is 0. The van der Waals surface area contributed by atoms with Crippen LogP contribution in [0.25, 0.3) is 16.3 Å². The van der Waals surface area contributed by atoms with Gasteiger partial charge < -0.3 is 0 Å². The molecule has 0 aromatic heterocycles. The number of allylic oxidation sites excluding steroid dienone is 2. The maximum Gasteiger partial charge on any atom is 0.174 e. The van der Waals surface area contributed by atoms with Gasteiger partial charge in [-0.3, -0.25) is 4.79 Å². The van der Waals surface area contributed by atoms with Crippen LogP contribution >= 0.6 is 0 Å². The number of ketones is 1. The second-order valence-electron chi connectivity index (χ2n) is 7.10.